The topological polar surface area (TPSA) is 38.9 Å². The second kappa shape index (κ2) is 3.84. The monoisotopic (exact) mass is 248 g/mol. The standard InChI is InChI=1S/C13H13ClN2O/c1-9-2-4-10(5-3-9)13(6-7-13)12-15-11(8-14)17-16-12/h2-5H,6-8H2,1H3. The van der Waals surface area contributed by atoms with Crippen molar-refractivity contribution in [2.75, 3.05) is 0 Å². The quantitative estimate of drug-likeness (QED) is 0.783. The minimum absolute atomic E-state index is 0.0263. The Balaban J connectivity index is 1.98. The Hall–Kier alpha value is -1.35. The third kappa shape index (κ3) is 1.75. The lowest BCUT2D eigenvalue weighted by Gasteiger charge is -2.10. The molecule has 17 heavy (non-hydrogen) atoms. The lowest BCUT2D eigenvalue weighted by Crippen LogP contribution is -2.10. The molecule has 0 atom stereocenters. The van der Waals surface area contributed by atoms with Gasteiger partial charge in [-0.25, -0.2) is 0 Å². The first-order valence-electron chi connectivity index (χ1n) is 5.71. The van der Waals surface area contributed by atoms with E-state index in [2.05, 4.69) is 41.3 Å². The normalized spacial score (nSPS) is 17.1. The maximum Gasteiger partial charge on any atom is 0.241 e. The fourth-order valence-corrected chi connectivity index (χ4v) is 2.25. The summed E-state index contributed by atoms with van der Waals surface area (Å²) in [6, 6.07) is 8.55. The number of hydrogen-bond donors (Lipinski definition) is 0. The molecule has 0 aliphatic heterocycles. The molecular formula is C13H13ClN2O. The Morgan fingerprint density at radius 1 is 1.29 bits per heavy atom. The molecule has 0 amide bonds. The minimum atomic E-state index is -0.0263. The number of rotatable bonds is 3. The predicted octanol–water partition coefficient (Wildman–Crippen LogP) is 3.20. The summed E-state index contributed by atoms with van der Waals surface area (Å²) in [5, 5.41) is 4.05. The van der Waals surface area contributed by atoms with Crippen molar-refractivity contribution in [3.63, 3.8) is 0 Å². The van der Waals surface area contributed by atoms with E-state index in [0.717, 1.165) is 18.7 Å². The van der Waals surface area contributed by atoms with E-state index in [0.29, 0.717) is 5.89 Å². The summed E-state index contributed by atoms with van der Waals surface area (Å²) in [5.41, 5.74) is 2.51. The first kappa shape index (κ1) is 10.8. The lowest BCUT2D eigenvalue weighted by molar-refractivity contribution is 0.381. The Morgan fingerprint density at radius 2 is 2.00 bits per heavy atom. The summed E-state index contributed by atoms with van der Waals surface area (Å²) in [5.74, 6) is 1.55. The van der Waals surface area contributed by atoms with E-state index < -0.39 is 0 Å². The van der Waals surface area contributed by atoms with Crippen LogP contribution in [0.2, 0.25) is 0 Å². The predicted molar refractivity (Wildman–Crippen MR) is 65.0 cm³/mol. The molecule has 1 aliphatic carbocycles. The Bertz CT molecular complexity index is 529. The first-order valence-corrected chi connectivity index (χ1v) is 6.24. The van der Waals surface area contributed by atoms with Gasteiger partial charge in [-0.2, -0.15) is 4.98 Å². The van der Waals surface area contributed by atoms with Gasteiger partial charge in [0.05, 0.1) is 5.41 Å². The molecule has 1 heterocycles. The summed E-state index contributed by atoms with van der Waals surface area (Å²) < 4.78 is 5.09. The molecule has 2 aromatic rings. The highest BCUT2D eigenvalue weighted by atomic mass is 35.5. The van der Waals surface area contributed by atoms with Crippen molar-refractivity contribution in [1.29, 1.82) is 0 Å². The number of nitrogens with zero attached hydrogens (tertiary/aromatic N) is 2. The number of aromatic nitrogens is 2. The van der Waals surface area contributed by atoms with Crippen LogP contribution in [-0.4, -0.2) is 10.1 Å². The minimum Gasteiger partial charge on any atom is -0.338 e. The maximum absolute atomic E-state index is 5.68. The zero-order valence-electron chi connectivity index (χ0n) is 9.61. The molecule has 1 fully saturated rings. The Morgan fingerprint density at radius 3 is 2.53 bits per heavy atom. The van der Waals surface area contributed by atoms with E-state index in [1.165, 1.54) is 11.1 Å². The van der Waals surface area contributed by atoms with Gasteiger partial charge >= 0.3 is 0 Å². The van der Waals surface area contributed by atoms with E-state index in [1.54, 1.807) is 0 Å². The van der Waals surface area contributed by atoms with Gasteiger partial charge in [0.15, 0.2) is 5.82 Å². The molecule has 0 spiro atoms. The number of alkyl halides is 1. The number of hydrogen-bond acceptors (Lipinski definition) is 3. The van der Waals surface area contributed by atoms with Crippen molar-refractivity contribution >= 4 is 11.6 Å². The SMILES string of the molecule is Cc1ccc(C2(c3noc(CCl)n3)CC2)cc1. The molecule has 0 saturated heterocycles. The molecular weight excluding hydrogens is 236 g/mol. The van der Waals surface area contributed by atoms with Gasteiger partial charge in [-0.3, -0.25) is 0 Å². The van der Waals surface area contributed by atoms with Crippen molar-refractivity contribution in [3.8, 4) is 0 Å². The van der Waals surface area contributed by atoms with Gasteiger partial charge in [-0.05, 0) is 25.3 Å². The van der Waals surface area contributed by atoms with Crippen LogP contribution in [0.1, 0.15) is 35.7 Å². The van der Waals surface area contributed by atoms with E-state index >= 15 is 0 Å². The summed E-state index contributed by atoms with van der Waals surface area (Å²) in [6.45, 7) is 2.09. The van der Waals surface area contributed by atoms with Gasteiger partial charge in [0.25, 0.3) is 0 Å². The van der Waals surface area contributed by atoms with Gasteiger partial charge in [0.2, 0.25) is 5.89 Å². The second-order valence-electron chi connectivity index (χ2n) is 4.59. The summed E-state index contributed by atoms with van der Waals surface area (Å²) in [4.78, 5) is 4.35. The molecule has 0 unspecified atom stereocenters. The third-order valence-corrected chi connectivity index (χ3v) is 3.59. The number of halogens is 1. The molecule has 3 rings (SSSR count). The fraction of sp³-hybridized carbons (Fsp3) is 0.385. The lowest BCUT2D eigenvalue weighted by atomic mass is 9.94. The maximum atomic E-state index is 5.68. The molecule has 1 saturated carbocycles. The largest absolute Gasteiger partial charge is 0.338 e. The van der Waals surface area contributed by atoms with Crippen LogP contribution in [0.25, 0.3) is 0 Å². The van der Waals surface area contributed by atoms with E-state index in [9.17, 15) is 0 Å². The molecule has 0 bridgehead atoms. The van der Waals surface area contributed by atoms with Crippen LogP contribution in [0.5, 0.6) is 0 Å². The summed E-state index contributed by atoms with van der Waals surface area (Å²) >= 11 is 5.68. The number of benzene rings is 1. The van der Waals surface area contributed by atoms with Crippen molar-refractivity contribution in [3.05, 3.63) is 47.1 Å². The summed E-state index contributed by atoms with van der Waals surface area (Å²) in [7, 11) is 0. The van der Waals surface area contributed by atoms with E-state index in [-0.39, 0.29) is 11.3 Å². The van der Waals surface area contributed by atoms with Crippen LogP contribution in [0.15, 0.2) is 28.8 Å². The zero-order valence-corrected chi connectivity index (χ0v) is 10.4. The van der Waals surface area contributed by atoms with Crippen molar-refractivity contribution in [2.24, 2.45) is 0 Å². The van der Waals surface area contributed by atoms with Gasteiger partial charge in [0, 0.05) is 0 Å². The van der Waals surface area contributed by atoms with E-state index in [1.807, 2.05) is 0 Å². The van der Waals surface area contributed by atoms with Crippen molar-refractivity contribution in [1.82, 2.24) is 10.1 Å². The average molecular weight is 249 g/mol. The Kier molecular flexibility index (Phi) is 2.44. The Labute approximate surface area is 105 Å². The van der Waals surface area contributed by atoms with E-state index in [4.69, 9.17) is 16.1 Å². The van der Waals surface area contributed by atoms with Gasteiger partial charge < -0.3 is 4.52 Å². The molecule has 0 radical (unpaired) electrons. The third-order valence-electron chi connectivity index (χ3n) is 3.36. The van der Waals surface area contributed by atoms with Crippen LogP contribution in [0.3, 0.4) is 0 Å². The van der Waals surface area contributed by atoms with Crippen molar-refractivity contribution in [2.45, 2.75) is 31.1 Å². The molecule has 1 aromatic heterocycles. The number of aryl methyl sites for hydroxylation is 1. The molecule has 0 N–H and O–H groups in total. The van der Waals surface area contributed by atoms with Crippen LogP contribution >= 0.6 is 11.6 Å². The molecule has 1 aliphatic rings. The van der Waals surface area contributed by atoms with Gasteiger partial charge in [-0.15, -0.1) is 11.6 Å². The van der Waals surface area contributed by atoms with Crippen LogP contribution < -0.4 is 0 Å². The van der Waals surface area contributed by atoms with Crippen LogP contribution in [0, 0.1) is 6.92 Å². The van der Waals surface area contributed by atoms with Crippen LogP contribution in [0.4, 0.5) is 0 Å². The zero-order chi connectivity index (χ0) is 11.9. The molecule has 1 aromatic carbocycles. The second-order valence-corrected chi connectivity index (χ2v) is 4.86. The highest BCUT2D eigenvalue weighted by Crippen LogP contribution is 2.52. The first-order chi connectivity index (χ1) is 8.24. The fourth-order valence-electron chi connectivity index (χ4n) is 2.14. The smallest absolute Gasteiger partial charge is 0.241 e. The average Bonchev–Trinajstić information content (AvgIpc) is 3.02. The summed E-state index contributed by atoms with van der Waals surface area (Å²) in [6.07, 6.45) is 2.16. The van der Waals surface area contributed by atoms with Crippen LogP contribution in [-0.2, 0) is 11.3 Å². The molecule has 88 valence electrons. The van der Waals surface area contributed by atoms with Gasteiger partial charge in [-0.1, -0.05) is 35.0 Å². The molecule has 3 nitrogen and oxygen atoms in total. The highest BCUT2D eigenvalue weighted by molar-refractivity contribution is 6.16. The van der Waals surface area contributed by atoms with Gasteiger partial charge in [0.1, 0.15) is 5.88 Å². The highest BCUT2D eigenvalue weighted by Gasteiger charge is 2.49. The molecule has 4 heteroatoms. The van der Waals surface area contributed by atoms with Crippen molar-refractivity contribution < 1.29 is 4.52 Å².